The van der Waals surface area contributed by atoms with Gasteiger partial charge in [-0.25, -0.2) is 0 Å². The molecule has 0 spiro atoms. The molecule has 0 aliphatic carbocycles. The summed E-state index contributed by atoms with van der Waals surface area (Å²) in [6.07, 6.45) is 4.00. The number of hydrogen-bond acceptors (Lipinski definition) is 8. The average Bonchev–Trinajstić information content (AvgIpc) is 3.31. The molecule has 4 amide bonds. The van der Waals surface area contributed by atoms with Crippen molar-refractivity contribution in [3.8, 4) is 11.5 Å². The molecule has 54 heavy (non-hydrogen) atoms. The van der Waals surface area contributed by atoms with Crippen molar-refractivity contribution in [2.24, 2.45) is 0 Å². The zero-order chi connectivity index (χ0) is 37.6. The van der Waals surface area contributed by atoms with Gasteiger partial charge in [0, 0.05) is 31.7 Å². The first kappa shape index (κ1) is 36.6. The number of phenolic OH excluding ortho intramolecular Hbond substituents is 1. The Bertz CT molecular complexity index is 2040. The number of nitrogens with one attached hydrogen (secondary N) is 1. The van der Waals surface area contributed by atoms with Gasteiger partial charge in [-0.05, 0) is 115 Å². The van der Waals surface area contributed by atoms with Gasteiger partial charge in [0.2, 0.25) is 11.8 Å². The Morgan fingerprint density at radius 3 is 2.22 bits per heavy atom. The number of carbonyl (C=O) groups is 4. The minimum Gasteiger partial charge on any atom is -0.508 e. The first-order valence-corrected chi connectivity index (χ1v) is 18.9. The highest BCUT2D eigenvalue weighted by Gasteiger charge is 2.44. The van der Waals surface area contributed by atoms with Crippen molar-refractivity contribution < 1.29 is 29.0 Å². The topological polar surface area (TPSA) is 119 Å². The first-order chi connectivity index (χ1) is 26.3. The molecule has 10 nitrogen and oxygen atoms in total. The molecule has 278 valence electrons. The zero-order valence-corrected chi connectivity index (χ0v) is 30.6. The van der Waals surface area contributed by atoms with E-state index < -0.39 is 23.8 Å². The molecule has 0 radical (unpaired) electrons. The van der Waals surface area contributed by atoms with E-state index in [0.717, 1.165) is 91.4 Å². The fourth-order valence-electron chi connectivity index (χ4n) is 7.76. The van der Waals surface area contributed by atoms with Crippen LogP contribution in [0.5, 0.6) is 11.5 Å². The maximum absolute atomic E-state index is 13.3. The summed E-state index contributed by atoms with van der Waals surface area (Å²) in [5, 5.41) is 12.2. The number of aromatic hydroxyl groups is 1. The van der Waals surface area contributed by atoms with Crippen LogP contribution in [0.1, 0.15) is 82.9 Å². The second-order valence-corrected chi connectivity index (χ2v) is 14.1. The summed E-state index contributed by atoms with van der Waals surface area (Å²) >= 11 is 0. The molecule has 2 fully saturated rings. The van der Waals surface area contributed by atoms with Gasteiger partial charge >= 0.3 is 0 Å². The summed E-state index contributed by atoms with van der Waals surface area (Å²) in [6, 6.07) is 30.5. The van der Waals surface area contributed by atoms with Crippen LogP contribution in [0.4, 0.5) is 5.69 Å². The molecule has 0 bridgehead atoms. The van der Waals surface area contributed by atoms with Crippen molar-refractivity contribution in [2.45, 2.75) is 51.5 Å². The van der Waals surface area contributed by atoms with Gasteiger partial charge in [0.25, 0.3) is 11.8 Å². The fourth-order valence-corrected chi connectivity index (χ4v) is 7.76. The van der Waals surface area contributed by atoms with E-state index in [0.29, 0.717) is 17.7 Å². The second kappa shape index (κ2) is 16.5. The number of allylic oxidation sites excluding steroid dienone is 1. The lowest BCUT2D eigenvalue weighted by Crippen LogP contribution is -2.54. The van der Waals surface area contributed by atoms with Crippen LogP contribution < -0.4 is 15.0 Å². The molecule has 1 unspecified atom stereocenters. The van der Waals surface area contributed by atoms with Crippen LogP contribution in [0.15, 0.2) is 97.1 Å². The van der Waals surface area contributed by atoms with E-state index in [-0.39, 0.29) is 24.5 Å². The summed E-state index contributed by atoms with van der Waals surface area (Å²) in [5.41, 5.74) is 7.20. The molecule has 4 aromatic rings. The van der Waals surface area contributed by atoms with Crippen LogP contribution in [0.25, 0.3) is 11.1 Å². The number of rotatable bonds is 12. The van der Waals surface area contributed by atoms with Crippen LogP contribution >= 0.6 is 0 Å². The summed E-state index contributed by atoms with van der Waals surface area (Å²) in [7, 11) is 0. The molecule has 0 saturated carbocycles. The highest BCUT2D eigenvalue weighted by Crippen LogP contribution is 2.36. The lowest BCUT2D eigenvalue weighted by atomic mass is 9.88. The number of phenols is 1. The van der Waals surface area contributed by atoms with Crippen LogP contribution in [-0.4, -0.2) is 83.9 Å². The Balaban J connectivity index is 0.904. The third-order valence-electron chi connectivity index (χ3n) is 10.6. The van der Waals surface area contributed by atoms with Crippen LogP contribution in [-0.2, 0) is 9.59 Å². The van der Waals surface area contributed by atoms with Crippen LogP contribution in [0.2, 0.25) is 0 Å². The highest BCUT2D eigenvalue weighted by atomic mass is 16.5. The first-order valence-electron chi connectivity index (χ1n) is 18.9. The van der Waals surface area contributed by atoms with Gasteiger partial charge in [0.1, 0.15) is 17.5 Å². The maximum atomic E-state index is 13.3. The largest absolute Gasteiger partial charge is 0.508 e. The van der Waals surface area contributed by atoms with Gasteiger partial charge in [-0.15, -0.1) is 0 Å². The summed E-state index contributed by atoms with van der Waals surface area (Å²) in [5.74, 6) is -0.880. The monoisotopic (exact) mass is 726 g/mol. The quantitative estimate of drug-likeness (QED) is 0.0961. The predicted octanol–water partition coefficient (Wildman–Crippen LogP) is 6.53. The minimum atomic E-state index is -0.969. The van der Waals surface area contributed by atoms with Gasteiger partial charge in [-0.3, -0.25) is 29.4 Å². The number of unbranched alkanes of at least 4 members (excludes halogenated alkanes) is 1. The maximum Gasteiger partial charge on any atom is 0.262 e. The number of ether oxygens (including phenoxy) is 1. The van der Waals surface area contributed by atoms with E-state index >= 15 is 0 Å². The Labute approximate surface area is 316 Å². The smallest absolute Gasteiger partial charge is 0.262 e. The van der Waals surface area contributed by atoms with Crippen LogP contribution in [0, 0.1) is 0 Å². The van der Waals surface area contributed by atoms with Crippen molar-refractivity contribution in [1.82, 2.24) is 15.1 Å². The number of benzene rings is 4. The van der Waals surface area contributed by atoms with E-state index in [2.05, 4.69) is 58.4 Å². The third kappa shape index (κ3) is 7.94. The van der Waals surface area contributed by atoms with Crippen LogP contribution in [0.3, 0.4) is 0 Å². The van der Waals surface area contributed by atoms with Gasteiger partial charge in [-0.2, -0.15) is 0 Å². The highest BCUT2D eigenvalue weighted by molar-refractivity contribution is 6.23. The Morgan fingerprint density at radius 1 is 0.778 bits per heavy atom. The van der Waals surface area contributed by atoms with Gasteiger partial charge < -0.3 is 19.6 Å². The lowest BCUT2D eigenvalue weighted by Gasteiger charge is -2.27. The van der Waals surface area contributed by atoms with E-state index in [1.165, 1.54) is 11.1 Å². The predicted molar refractivity (Wildman–Crippen MR) is 208 cm³/mol. The molecule has 3 aliphatic heterocycles. The van der Waals surface area contributed by atoms with Gasteiger partial charge in [-0.1, -0.05) is 61.5 Å². The molecule has 3 aliphatic rings. The van der Waals surface area contributed by atoms with Crippen molar-refractivity contribution >= 4 is 40.5 Å². The summed E-state index contributed by atoms with van der Waals surface area (Å²) < 4.78 is 6.16. The van der Waals surface area contributed by atoms with E-state index in [1.807, 2.05) is 36.4 Å². The number of fused-ring (bicyclic) bond motifs is 1. The van der Waals surface area contributed by atoms with Crippen molar-refractivity contribution in [1.29, 1.82) is 0 Å². The van der Waals surface area contributed by atoms with Crippen molar-refractivity contribution in [3.63, 3.8) is 0 Å². The molecule has 2 N–H and O–H groups in total. The Morgan fingerprint density at radius 2 is 1.50 bits per heavy atom. The standard InChI is InChI=1S/C44H46N4O6/c1-2-36(30-9-4-3-5-10-30)41(31-11-16-34(49)17-12-31)32-13-18-35(19-14-32)54-28-7-6-23-46-24-8-25-47(27-26-46)33-15-20-37-38(29-33)44(53)48(43(37)52)39-21-22-40(50)45-42(39)51/h3-5,9-20,29,39,49H,2,6-8,21-28H2,1H3,(H,45,50,51). The van der Waals surface area contributed by atoms with E-state index in [4.69, 9.17) is 4.74 Å². The summed E-state index contributed by atoms with van der Waals surface area (Å²) in [6.45, 7) is 7.26. The van der Waals surface area contributed by atoms with Crippen molar-refractivity contribution in [3.05, 3.63) is 125 Å². The number of imide groups is 2. The fraction of sp³-hybridized carbons (Fsp3) is 0.318. The van der Waals surface area contributed by atoms with E-state index in [9.17, 15) is 24.3 Å². The molecule has 2 saturated heterocycles. The number of anilines is 1. The van der Waals surface area contributed by atoms with E-state index in [1.54, 1.807) is 24.3 Å². The molecular weight excluding hydrogens is 681 g/mol. The minimum absolute atomic E-state index is 0.0957. The zero-order valence-electron chi connectivity index (χ0n) is 30.6. The molecule has 0 aromatic heterocycles. The third-order valence-corrected chi connectivity index (χ3v) is 10.6. The Kier molecular flexibility index (Phi) is 11.2. The SMILES string of the molecule is CCC(=C(c1ccc(O)cc1)c1ccc(OCCCCN2CCCN(c3ccc4c(c3)C(=O)N(C3CCC(=O)NC3=O)C4=O)CC2)cc1)c1ccccc1. The van der Waals surface area contributed by atoms with Crippen molar-refractivity contribution in [2.75, 3.05) is 44.2 Å². The molecule has 10 heteroatoms. The average molecular weight is 727 g/mol. The Hall–Kier alpha value is -5.74. The number of nitrogens with zero attached hydrogens (tertiary/aromatic N) is 3. The lowest BCUT2D eigenvalue weighted by molar-refractivity contribution is -0.136. The molecule has 3 heterocycles. The molecular formula is C44H46N4O6. The normalized spacial score (nSPS) is 18.3. The summed E-state index contributed by atoms with van der Waals surface area (Å²) in [4.78, 5) is 56.2. The number of piperidine rings is 1. The number of hydrogen-bond donors (Lipinski definition) is 2. The number of carbonyl (C=O) groups excluding carboxylic acids is 4. The number of amides is 4. The molecule has 4 aromatic carbocycles. The molecule has 1 atom stereocenters. The van der Waals surface area contributed by atoms with Gasteiger partial charge in [0.05, 0.1) is 17.7 Å². The second-order valence-electron chi connectivity index (χ2n) is 14.1. The van der Waals surface area contributed by atoms with Gasteiger partial charge in [0.15, 0.2) is 0 Å². The molecule has 7 rings (SSSR count).